The Hall–Kier alpha value is -2.60. The molecule has 0 fully saturated rings. The molecule has 1 aromatic carbocycles. The van der Waals surface area contributed by atoms with E-state index in [-0.39, 0.29) is 5.91 Å². The molecule has 6 heteroatoms. The van der Waals surface area contributed by atoms with E-state index in [0.717, 1.165) is 27.5 Å². The van der Waals surface area contributed by atoms with Gasteiger partial charge in [-0.2, -0.15) is 0 Å². The average Bonchev–Trinajstić information content (AvgIpc) is 2.94. The fourth-order valence-electron chi connectivity index (χ4n) is 2.63. The lowest BCUT2D eigenvalue weighted by Crippen LogP contribution is -2.23. The maximum Gasteiger partial charge on any atom is 0.263 e. The molecule has 0 saturated carbocycles. The molecule has 0 saturated heterocycles. The van der Waals surface area contributed by atoms with Gasteiger partial charge in [0.25, 0.3) is 5.91 Å². The Balaban J connectivity index is 1.78. The highest BCUT2D eigenvalue weighted by atomic mass is 32.1. The van der Waals surface area contributed by atoms with Crippen LogP contribution in [-0.2, 0) is 6.54 Å². The van der Waals surface area contributed by atoms with Gasteiger partial charge < -0.3 is 5.32 Å². The second-order valence-corrected chi connectivity index (χ2v) is 7.03. The van der Waals surface area contributed by atoms with Crippen LogP contribution < -0.4 is 5.32 Å². The van der Waals surface area contributed by atoms with Crippen molar-refractivity contribution in [3.8, 4) is 10.6 Å². The van der Waals surface area contributed by atoms with Crippen molar-refractivity contribution < 1.29 is 4.79 Å². The molecule has 3 aromatic rings. The van der Waals surface area contributed by atoms with Crippen molar-refractivity contribution in [2.75, 3.05) is 0 Å². The lowest BCUT2D eigenvalue weighted by atomic mass is 10.1. The Morgan fingerprint density at radius 2 is 1.92 bits per heavy atom. The highest BCUT2D eigenvalue weighted by molar-refractivity contribution is 7.17. The molecule has 25 heavy (non-hydrogen) atoms. The molecule has 0 aliphatic heterocycles. The summed E-state index contributed by atoms with van der Waals surface area (Å²) < 4.78 is 0. The molecular weight excluding hydrogens is 332 g/mol. The number of nitrogens with one attached hydrogen (secondary N) is 1. The van der Waals surface area contributed by atoms with E-state index in [0.29, 0.717) is 17.2 Å². The number of rotatable bonds is 4. The molecule has 128 valence electrons. The molecule has 0 radical (unpaired) electrons. The molecule has 5 nitrogen and oxygen atoms in total. The van der Waals surface area contributed by atoms with Crippen LogP contribution in [-0.4, -0.2) is 20.9 Å². The molecule has 0 aliphatic carbocycles. The Bertz CT molecular complexity index is 933. The first-order valence-corrected chi connectivity index (χ1v) is 8.87. The summed E-state index contributed by atoms with van der Waals surface area (Å²) in [7, 11) is 0. The molecular formula is C19H20N4OS. The van der Waals surface area contributed by atoms with Gasteiger partial charge in [-0.1, -0.05) is 23.8 Å². The van der Waals surface area contributed by atoms with E-state index in [1.54, 1.807) is 12.3 Å². The van der Waals surface area contributed by atoms with E-state index in [9.17, 15) is 4.79 Å². The van der Waals surface area contributed by atoms with Crippen LogP contribution in [0.4, 0.5) is 0 Å². The molecule has 2 heterocycles. The number of carbonyl (C=O) groups is 1. The molecule has 1 amide bonds. The minimum absolute atomic E-state index is 0.123. The minimum Gasteiger partial charge on any atom is -0.346 e. The number of nitrogens with zero attached hydrogens (tertiary/aromatic N) is 3. The van der Waals surface area contributed by atoms with Gasteiger partial charge in [-0.25, -0.2) is 15.0 Å². The van der Waals surface area contributed by atoms with Gasteiger partial charge in [-0.15, -0.1) is 11.3 Å². The number of hydrogen-bond donors (Lipinski definition) is 1. The maximum atomic E-state index is 12.5. The van der Waals surface area contributed by atoms with Crippen LogP contribution in [0.25, 0.3) is 10.6 Å². The van der Waals surface area contributed by atoms with E-state index in [4.69, 9.17) is 0 Å². The largest absolute Gasteiger partial charge is 0.346 e. The Morgan fingerprint density at radius 1 is 1.12 bits per heavy atom. The molecule has 0 spiro atoms. The van der Waals surface area contributed by atoms with Crippen LogP contribution in [0.3, 0.4) is 0 Å². The summed E-state index contributed by atoms with van der Waals surface area (Å²) >= 11 is 1.42. The Labute approximate surface area is 151 Å². The standard InChI is InChI=1S/C19H20N4OS/c1-11-5-6-16(12(2)9-11)19-22-13(3)17(25-19)18(24)21-10-15-7-8-20-14(4)23-15/h5-9H,10H2,1-4H3,(H,21,24). The summed E-state index contributed by atoms with van der Waals surface area (Å²) in [4.78, 5) is 26.1. The van der Waals surface area contributed by atoms with Crippen LogP contribution in [0, 0.1) is 27.7 Å². The zero-order chi connectivity index (χ0) is 18.0. The van der Waals surface area contributed by atoms with Crippen molar-refractivity contribution >= 4 is 17.2 Å². The number of hydrogen-bond acceptors (Lipinski definition) is 5. The second kappa shape index (κ2) is 7.11. The van der Waals surface area contributed by atoms with E-state index in [1.165, 1.54) is 16.9 Å². The van der Waals surface area contributed by atoms with Gasteiger partial charge in [0.15, 0.2) is 0 Å². The van der Waals surface area contributed by atoms with Gasteiger partial charge in [-0.3, -0.25) is 4.79 Å². The first-order chi connectivity index (χ1) is 11.9. The van der Waals surface area contributed by atoms with Crippen LogP contribution >= 0.6 is 11.3 Å². The Kier molecular flexibility index (Phi) is 4.90. The van der Waals surface area contributed by atoms with Crippen molar-refractivity contribution in [1.29, 1.82) is 0 Å². The zero-order valence-electron chi connectivity index (χ0n) is 14.8. The summed E-state index contributed by atoms with van der Waals surface area (Å²) in [6.45, 7) is 8.20. The fraction of sp³-hybridized carbons (Fsp3) is 0.263. The van der Waals surface area contributed by atoms with E-state index >= 15 is 0 Å². The van der Waals surface area contributed by atoms with Gasteiger partial charge in [0, 0.05) is 11.8 Å². The van der Waals surface area contributed by atoms with Crippen LogP contribution in [0.1, 0.15) is 38.0 Å². The summed E-state index contributed by atoms with van der Waals surface area (Å²) in [5, 5.41) is 3.79. The molecule has 2 aromatic heterocycles. The van der Waals surface area contributed by atoms with E-state index < -0.39 is 0 Å². The second-order valence-electron chi connectivity index (χ2n) is 6.03. The van der Waals surface area contributed by atoms with Crippen molar-refractivity contribution in [1.82, 2.24) is 20.3 Å². The van der Waals surface area contributed by atoms with Crippen LogP contribution in [0.15, 0.2) is 30.5 Å². The van der Waals surface area contributed by atoms with E-state index in [1.807, 2.05) is 13.8 Å². The van der Waals surface area contributed by atoms with Crippen molar-refractivity contribution in [2.24, 2.45) is 0 Å². The highest BCUT2D eigenvalue weighted by Crippen LogP contribution is 2.30. The molecule has 0 bridgehead atoms. The molecule has 0 aliphatic rings. The van der Waals surface area contributed by atoms with Gasteiger partial charge in [0.05, 0.1) is 17.9 Å². The monoisotopic (exact) mass is 352 g/mol. The lowest BCUT2D eigenvalue weighted by Gasteiger charge is -2.04. The summed E-state index contributed by atoms with van der Waals surface area (Å²) in [5.41, 5.74) is 4.99. The zero-order valence-corrected chi connectivity index (χ0v) is 15.6. The average molecular weight is 352 g/mol. The molecule has 3 rings (SSSR count). The SMILES string of the molecule is Cc1ccc(-c2nc(C)c(C(=O)NCc3ccnc(C)n3)s2)c(C)c1. The molecule has 0 unspecified atom stereocenters. The van der Waals surface area contributed by atoms with Crippen molar-refractivity contribution in [3.05, 3.63) is 63.7 Å². The normalized spacial score (nSPS) is 10.7. The van der Waals surface area contributed by atoms with Crippen LogP contribution in [0.5, 0.6) is 0 Å². The number of aryl methyl sites for hydroxylation is 4. The Morgan fingerprint density at radius 3 is 2.64 bits per heavy atom. The number of amides is 1. The summed E-state index contributed by atoms with van der Waals surface area (Å²) in [6, 6.07) is 8.06. The number of aromatic nitrogens is 3. The van der Waals surface area contributed by atoms with Gasteiger partial charge in [0.2, 0.25) is 0 Å². The summed E-state index contributed by atoms with van der Waals surface area (Å²) in [5.74, 6) is 0.570. The van der Waals surface area contributed by atoms with Gasteiger partial charge >= 0.3 is 0 Å². The molecule has 0 atom stereocenters. The predicted molar refractivity (Wildman–Crippen MR) is 99.7 cm³/mol. The van der Waals surface area contributed by atoms with Crippen LogP contribution in [0.2, 0.25) is 0 Å². The quantitative estimate of drug-likeness (QED) is 0.776. The van der Waals surface area contributed by atoms with Gasteiger partial charge in [-0.05, 0) is 39.3 Å². The maximum absolute atomic E-state index is 12.5. The smallest absolute Gasteiger partial charge is 0.263 e. The topological polar surface area (TPSA) is 67.8 Å². The highest BCUT2D eigenvalue weighted by Gasteiger charge is 2.17. The third-order valence-electron chi connectivity index (χ3n) is 3.88. The summed E-state index contributed by atoms with van der Waals surface area (Å²) in [6.07, 6.45) is 1.69. The first-order valence-electron chi connectivity index (χ1n) is 8.06. The number of carbonyl (C=O) groups excluding carboxylic acids is 1. The third-order valence-corrected chi connectivity index (χ3v) is 5.07. The lowest BCUT2D eigenvalue weighted by molar-refractivity contribution is 0.0953. The molecule has 1 N–H and O–H groups in total. The number of thiazole rings is 1. The fourth-order valence-corrected chi connectivity index (χ4v) is 3.70. The number of benzene rings is 1. The minimum atomic E-state index is -0.123. The van der Waals surface area contributed by atoms with Crippen molar-refractivity contribution in [3.63, 3.8) is 0 Å². The van der Waals surface area contributed by atoms with Gasteiger partial charge in [0.1, 0.15) is 15.7 Å². The van der Waals surface area contributed by atoms with Crippen molar-refractivity contribution in [2.45, 2.75) is 34.2 Å². The first kappa shape index (κ1) is 17.2. The predicted octanol–water partition coefficient (Wildman–Crippen LogP) is 3.76. The van der Waals surface area contributed by atoms with E-state index in [2.05, 4.69) is 52.3 Å². The third kappa shape index (κ3) is 3.91.